The predicted molar refractivity (Wildman–Crippen MR) is 59.7 cm³/mol. The number of rotatable bonds is 5. The lowest BCUT2D eigenvalue weighted by Crippen LogP contribution is -2.26. The fourth-order valence-corrected chi connectivity index (χ4v) is 1.77. The first-order chi connectivity index (χ1) is 7.40. The number of hydrogen-bond acceptors (Lipinski definition) is 5. The van der Waals surface area contributed by atoms with Crippen molar-refractivity contribution in [3.63, 3.8) is 0 Å². The molecule has 1 rings (SSSR count). The van der Waals surface area contributed by atoms with Gasteiger partial charge in [0.15, 0.2) is 0 Å². The molecule has 1 aromatic heterocycles. The molecule has 90 valence electrons. The van der Waals surface area contributed by atoms with E-state index in [1.807, 2.05) is 0 Å². The van der Waals surface area contributed by atoms with Crippen LogP contribution in [0.1, 0.15) is 16.9 Å². The fourth-order valence-electron chi connectivity index (χ4n) is 1.10. The maximum absolute atomic E-state index is 11.4. The van der Waals surface area contributed by atoms with Crippen LogP contribution in [-0.2, 0) is 9.84 Å². The maximum atomic E-state index is 11.4. The third kappa shape index (κ3) is 3.89. The summed E-state index contributed by atoms with van der Waals surface area (Å²) in [6.45, 7) is 0.282. The van der Waals surface area contributed by atoms with Crippen LogP contribution in [-0.4, -0.2) is 43.1 Å². The van der Waals surface area contributed by atoms with E-state index in [0.717, 1.165) is 6.26 Å². The molecule has 0 saturated carbocycles. The van der Waals surface area contributed by atoms with E-state index in [4.69, 9.17) is 5.73 Å². The second kappa shape index (κ2) is 4.97. The second-order valence-electron chi connectivity index (χ2n) is 3.44. The number of hydrogen-bond donors (Lipinski definition) is 3. The van der Waals surface area contributed by atoms with Gasteiger partial charge >= 0.3 is 0 Å². The van der Waals surface area contributed by atoms with E-state index in [0.29, 0.717) is 6.42 Å². The molecule has 0 unspecified atom stereocenters. The molecule has 0 bridgehead atoms. The van der Waals surface area contributed by atoms with Crippen molar-refractivity contribution in [2.24, 2.45) is 0 Å². The Bertz CT molecular complexity index is 465. The SMILES string of the molecule is CS(=O)(=O)CCCNC(=O)c1[nH]ncc1N. The highest BCUT2D eigenvalue weighted by Crippen LogP contribution is 2.04. The average Bonchev–Trinajstić information content (AvgIpc) is 2.57. The van der Waals surface area contributed by atoms with Gasteiger partial charge in [-0.25, -0.2) is 8.42 Å². The van der Waals surface area contributed by atoms with Crippen molar-refractivity contribution in [2.75, 3.05) is 24.3 Å². The number of aromatic nitrogens is 2. The smallest absolute Gasteiger partial charge is 0.271 e. The van der Waals surface area contributed by atoms with Crippen LogP contribution < -0.4 is 11.1 Å². The molecule has 0 saturated heterocycles. The van der Waals surface area contributed by atoms with Gasteiger partial charge in [0.05, 0.1) is 17.6 Å². The number of nitrogens with zero attached hydrogens (tertiary/aromatic N) is 1. The molecule has 0 radical (unpaired) electrons. The Morgan fingerprint density at radius 1 is 1.62 bits per heavy atom. The molecular weight excluding hydrogens is 232 g/mol. The van der Waals surface area contributed by atoms with Crippen LogP contribution in [0.3, 0.4) is 0 Å². The average molecular weight is 246 g/mol. The summed E-state index contributed by atoms with van der Waals surface area (Å²) < 4.78 is 21.6. The van der Waals surface area contributed by atoms with Gasteiger partial charge in [-0.1, -0.05) is 0 Å². The molecule has 4 N–H and O–H groups in total. The number of anilines is 1. The lowest BCUT2D eigenvalue weighted by molar-refractivity contribution is 0.0949. The molecule has 8 heteroatoms. The molecule has 0 spiro atoms. The number of carbonyl (C=O) groups is 1. The van der Waals surface area contributed by atoms with Crippen molar-refractivity contribution in [3.8, 4) is 0 Å². The molecule has 0 fully saturated rings. The highest BCUT2D eigenvalue weighted by Gasteiger charge is 2.11. The monoisotopic (exact) mass is 246 g/mol. The number of carbonyl (C=O) groups excluding carboxylic acids is 1. The van der Waals surface area contributed by atoms with Crippen molar-refractivity contribution in [2.45, 2.75) is 6.42 Å². The summed E-state index contributed by atoms with van der Waals surface area (Å²) in [5, 5.41) is 8.60. The van der Waals surface area contributed by atoms with Crippen LogP contribution in [0.25, 0.3) is 0 Å². The number of H-pyrrole nitrogens is 1. The number of nitrogens with two attached hydrogens (primary N) is 1. The van der Waals surface area contributed by atoms with Gasteiger partial charge in [-0.05, 0) is 6.42 Å². The van der Waals surface area contributed by atoms with Gasteiger partial charge < -0.3 is 11.1 Å². The summed E-state index contributed by atoms with van der Waals surface area (Å²) in [6, 6.07) is 0. The quantitative estimate of drug-likeness (QED) is 0.585. The third-order valence-electron chi connectivity index (χ3n) is 1.87. The van der Waals surface area contributed by atoms with E-state index >= 15 is 0 Å². The minimum absolute atomic E-state index is 0.0474. The Labute approximate surface area is 93.3 Å². The summed E-state index contributed by atoms with van der Waals surface area (Å²) in [5.74, 6) is -0.338. The Morgan fingerprint density at radius 2 is 2.31 bits per heavy atom. The van der Waals surface area contributed by atoms with E-state index in [9.17, 15) is 13.2 Å². The first kappa shape index (κ1) is 12.5. The largest absolute Gasteiger partial charge is 0.396 e. The fraction of sp³-hybridized carbons (Fsp3) is 0.500. The lowest BCUT2D eigenvalue weighted by atomic mass is 10.3. The number of sulfone groups is 1. The molecule has 16 heavy (non-hydrogen) atoms. The summed E-state index contributed by atoms with van der Waals surface area (Å²) in [7, 11) is -2.98. The van der Waals surface area contributed by atoms with Crippen LogP contribution in [0.5, 0.6) is 0 Å². The van der Waals surface area contributed by atoms with Gasteiger partial charge in [-0.3, -0.25) is 9.89 Å². The minimum Gasteiger partial charge on any atom is -0.396 e. The summed E-state index contributed by atoms with van der Waals surface area (Å²) in [4.78, 5) is 11.4. The highest BCUT2D eigenvalue weighted by molar-refractivity contribution is 7.90. The van der Waals surface area contributed by atoms with Gasteiger partial charge in [-0.15, -0.1) is 0 Å². The van der Waals surface area contributed by atoms with Gasteiger partial charge in [0.2, 0.25) is 0 Å². The number of nitrogens with one attached hydrogen (secondary N) is 2. The van der Waals surface area contributed by atoms with Crippen molar-refractivity contribution in [1.82, 2.24) is 15.5 Å². The van der Waals surface area contributed by atoms with Crippen LogP contribution in [0.4, 0.5) is 5.69 Å². The van der Waals surface area contributed by atoms with Gasteiger partial charge in [0, 0.05) is 12.8 Å². The Balaban J connectivity index is 2.35. The molecule has 0 aromatic carbocycles. The molecule has 7 nitrogen and oxygen atoms in total. The van der Waals surface area contributed by atoms with Crippen LogP contribution in [0.15, 0.2) is 6.20 Å². The number of aromatic amines is 1. The standard InChI is InChI=1S/C8H14N4O3S/c1-16(14,15)4-2-3-10-8(13)7-6(9)5-11-12-7/h5H,2-4,9H2,1H3,(H,10,13)(H,11,12). The first-order valence-corrected chi connectivity index (χ1v) is 6.71. The first-order valence-electron chi connectivity index (χ1n) is 4.65. The zero-order valence-electron chi connectivity index (χ0n) is 8.86. The molecular formula is C8H14N4O3S. The minimum atomic E-state index is -2.98. The topological polar surface area (TPSA) is 118 Å². The molecule has 0 aliphatic carbocycles. The molecule has 1 heterocycles. The molecule has 1 aromatic rings. The van der Waals surface area contributed by atoms with Crippen molar-refractivity contribution >= 4 is 21.4 Å². The maximum Gasteiger partial charge on any atom is 0.271 e. The molecule has 1 amide bonds. The zero-order chi connectivity index (χ0) is 12.2. The van der Waals surface area contributed by atoms with Crippen molar-refractivity contribution < 1.29 is 13.2 Å². The van der Waals surface area contributed by atoms with E-state index in [1.165, 1.54) is 6.20 Å². The Morgan fingerprint density at radius 3 is 2.81 bits per heavy atom. The number of nitrogen functional groups attached to an aromatic ring is 1. The summed E-state index contributed by atoms with van der Waals surface area (Å²) >= 11 is 0. The van der Waals surface area contributed by atoms with Crippen LogP contribution in [0.2, 0.25) is 0 Å². The predicted octanol–water partition coefficient (Wildman–Crippen LogP) is -0.844. The zero-order valence-corrected chi connectivity index (χ0v) is 9.67. The van der Waals surface area contributed by atoms with Gasteiger partial charge in [-0.2, -0.15) is 5.10 Å². The summed E-state index contributed by atoms with van der Waals surface area (Å²) in [5.41, 5.74) is 5.92. The van der Waals surface area contributed by atoms with Crippen molar-refractivity contribution in [1.29, 1.82) is 0 Å². The molecule has 0 atom stereocenters. The molecule has 0 aliphatic heterocycles. The van der Waals surface area contributed by atoms with E-state index < -0.39 is 9.84 Å². The summed E-state index contributed by atoms with van der Waals surface area (Å²) in [6.07, 6.45) is 2.87. The molecule has 0 aliphatic rings. The van der Waals surface area contributed by atoms with Gasteiger partial charge in [0.25, 0.3) is 5.91 Å². The van der Waals surface area contributed by atoms with Crippen molar-refractivity contribution in [3.05, 3.63) is 11.9 Å². The Hall–Kier alpha value is -1.57. The van der Waals surface area contributed by atoms with Gasteiger partial charge in [0.1, 0.15) is 15.5 Å². The number of amides is 1. The van der Waals surface area contributed by atoms with E-state index in [-0.39, 0.29) is 29.6 Å². The normalized spacial score (nSPS) is 11.3. The van der Waals surface area contributed by atoms with E-state index in [1.54, 1.807) is 0 Å². The third-order valence-corrected chi connectivity index (χ3v) is 2.90. The highest BCUT2D eigenvalue weighted by atomic mass is 32.2. The van der Waals surface area contributed by atoms with E-state index in [2.05, 4.69) is 15.5 Å². The second-order valence-corrected chi connectivity index (χ2v) is 5.70. The van der Waals surface area contributed by atoms with Crippen LogP contribution in [0, 0.1) is 0 Å². The lowest BCUT2D eigenvalue weighted by Gasteiger charge is -2.03. The Kier molecular flexibility index (Phi) is 3.88. The van der Waals surface area contributed by atoms with Crippen LogP contribution >= 0.6 is 0 Å².